The Bertz CT molecular complexity index is 1100. The van der Waals surface area contributed by atoms with Crippen molar-refractivity contribution < 1.29 is 4.79 Å². The number of amides is 1. The quantitative estimate of drug-likeness (QED) is 0.430. The minimum absolute atomic E-state index is 0.221. The van der Waals surface area contributed by atoms with Crippen LogP contribution in [0.5, 0.6) is 0 Å². The molecule has 0 spiro atoms. The zero-order valence-electron chi connectivity index (χ0n) is 18.7. The van der Waals surface area contributed by atoms with Gasteiger partial charge in [0.25, 0.3) is 0 Å². The fourth-order valence-electron chi connectivity index (χ4n) is 4.05. The molecule has 1 amide bonds. The molecular weight excluding hydrogens is 445 g/mol. The topological polar surface area (TPSA) is 20.3 Å². The Morgan fingerprint density at radius 3 is 2.00 bits per heavy atom. The molecule has 0 radical (unpaired) electrons. The molecule has 0 saturated heterocycles. The van der Waals surface area contributed by atoms with Gasteiger partial charge in [-0.3, -0.25) is 0 Å². The molecule has 0 bridgehead atoms. The third kappa shape index (κ3) is 4.39. The van der Waals surface area contributed by atoms with Crippen molar-refractivity contribution in [1.29, 1.82) is 0 Å². The molecule has 158 valence electrons. The van der Waals surface area contributed by atoms with Gasteiger partial charge in [0, 0.05) is 0 Å². The fourth-order valence-corrected chi connectivity index (χ4v) is 6.45. The van der Waals surface area contributed by atoms with Gasteiger partial charge in [0.2, 0.25) is 0 Å². The molecule has 3 aromatic rings. The molecule has 3 aromatic carbocycles. The zero-order valence-corrected chi connectivity index (χ0v) is 20.4. The van der Waals surface area contributed by atoms with Crippen LogP contribution < -0.4 is 4.46 Å². The molecule has 1 aliphatic heterocycles. The van der Waals surface area contributed by atoms with Gasteiger partial charge in [-0.1, -0.05) is 0 Å². The molecule has 1 unspecified atom stereocenters. The summed E-state index contributed by atoms with van der Waals surface area (Å²) in [5.74, 6) is 0.221. The first-order chi connectivity index (χ1) is 14.9. The van der Waals surface area contributed by atoms with Crippen LogP contribution in [0.2, 0.25) is 5.32 Å². The Kier molecular flexibility index (Phi) is 6.18. The van der Waals surface area contributed by atoms with Crippen molar-refractivity contribution in [3.05, 3.63) is 107 Å². The number of nitrogens with zero attached hydrogens (tertiary/aromatic N) is 1. The average Bonchev–Trinajstić information content (AvgIpc) is 2.96. The second-order valence-corrected chi connectivity index (χ2v) is 10.9. The standard InChI is InChI=1S/C28H29NOSe/c1-20-10-14-23(15-11-20)18-29-26(24-16-12-21(2)13-17-24)22(3)28(4,27(29)30)19-31-25-8-6-5-7-9-25/h5-17H,18-19H2,1-4H3. The summed E-state index contributed by atoms with van der Waals surface area (Å²) in [6, 6.07) is 27.6. The molecule has 0 fully saturated rings. The van der Waals surface area contributed by atoms with Crippen LogP contribution in [-0.2, 0) is 11.3 Å². The number of rotatable bonds is 6. The number of hydrogen-bond acceptors (Lipinski definition) is 1. The summed E-state index contributed by atoms with van der Waals surface area (Å²) in [4.78, 5) is 15.9. The molecular formula is C28H29NOSe. The van der Waals surface area contributed by atoms with E-state index >= 15 is 0 Å². The van der Waals surface area contributed by atoms with Crippen LogP contribution in [0.15, 0.2) is 84.4 Å². The molecule has 31 heavy (non-hydrogen) atoms. The van der Waals surface area contributed by atoms with E-state index in [0.29, 0.717) is 6.54 Å². The summed E-state index contributed by atoms with van der Waals surface area (Å²) in [5, 5.41) is 0.869. The first-order valence-electron chi connectivity index (χ1n) is 10.7. The number of hydrogen-bond donors (Lipinski definition) is 0. The fraction of sp³-hybridized carbons (Fsp3) is 0.250. The van der Waals surface area contributed by atoms with E-state index in [-0.39, 0.29) is 20.9 Å². The van der Waals surface area contributed by atoms with Crippen molar-refractivity contribution in [3.63, 3.8) is 0 Å². The molecule has 0 aromatic heterocycles. The predicted octanol–water partition coefficient (Wildman–Crippen LogP) is 5.53. The molecule has 0 aliphatic carbocycles. The molecule has 1 aliphatic rings. The van der Waals surface area contributed by atoms with Crippen LogP contribution in [0.3, 0.4) is 0 Å². The maximum absolute atomic E-state index is 13.9. The van der Waals surface area contributed by atoms with E-state index in [2.05, 4.69) is 100 Å². The number of benzene rings is 3. The van der Waals surface area contributed by atoms with Crippen molar-refractivity contribution in [2.24, 2.45) is 5.41 Å². The number of aryl methyl sites for hydroxylation is 2. The molecule has 0 N–H and O–H groups in total. The normalized spacial score (nSPS) is 18.7. The Morgan fingerprint density at radius 1 is 0.806 bits per heavy atom. The van der Waals surface area contributed by atoms with E-state index in [1.54, 1.807) is 0 Å². The van der Waals surface area contributed by atoms with Crippen LogP contribution >= 0.6 is 0 Å². The van der Waals surface area contributed by atoms with E-state index in [1.165, 1.54) is 21.2 Å². The maximum atomic E-state index is 13.9. The van der Waals surface area contributed by atoms with Gasteiger partial charge >= 0.3 is 192 Å². The summed E-state index contributed by atoms with van der Waals surface area (Å²) < 4.78 is 1.34. The van der Waals surface area contributed by atoms with Gasteiger partial charge in [0.15, 0.2) is 0 Å². The molecule has 2 nitrogen and oxygen atoms in total. The minimum atomic E-state index is -0.471. The van der Waals surface area contributed by atoms with Crippen molar-refractivity contribution in [2.45, 2.75) is 39.6 Å². The van der Waals surface area contributed by atoms with Crippen molar-refractivity contribution in [2.75, 3.05) is 0 Å². The first kappa shape index (κ1) is 21.6. The monoisotopic (exact) mass is 475 g/mol. The van der Waals surface area contributed by atoms with E-state index in [4.69, 9.17) is 0 Å². The summed E-state index contributed by atoms with van der Waals surface area (Å²) in [5.41, 5.74) is 6.54. The molecule has 0 saturated carbocycles. The van der Waals surface area contributed by atoms with Crippen molar-refractivity contribution in [3.8, 4) is 0 Å². The van der Waals surface area contributed by atoms with Gasteiger partial charge in [-0.2, -0.15) is 0 Å². The Morgan fingerprint density at radius 2 is 1.39 bits per heavy atom. The number of carbonyl (C=O) groups excluding carboxylic acids is 1. The average molecular weight is 475 g/mol. The van der Waals surface area contributed by atoms with Crippen LogP contribution in [0.1, 0.15) is 36.1 Å². The van der Waals surface area contributed by atoms with E-state index in [1.807, 2.05) is 11.0 Å². The van der Waals surface area contributed by atoms with Crippen LogP contribution in [0.25, 0.3) is 5.70 Å². The molecule has 1 atom stereocenters. The second-order valence-electron chi connectivity index (χ2n) is 8.65. The van der Waals surface area contributed by atoms with E-state index in [0.717, 1.165) is 22.1 Å². The Labute approximate surface area is 192 Å². The molecule has 3 heteroatoms. The summed E-state index contributed by atoms with van der Waals surface area (Å²) in [6.07, 6.45) is 0. The van der Waals surface area contributed by atoms with Gasteiger partial charge < -0.3 is 0 Å². The van der Waals surface area contributed by atoms with Gasteiger partial charge in [0.05, 0.1) is 0 Å². The summed E-state index contributed by atoms with van der Waals surface area (Å²) in [7, 11) is 0. The van der Waals surface area contributed by atoms with Gasteiger partial charge in [-0.15, -0.1) is 0 Å². The predicted molar refractivity (Wildman–Crippen MR) is 130 cm³/mol. The van der Waals surface area contributed by atoms with Gasteiger partial charge in [0.1, 0.15) is 0 Å². The van der Waals surface area contributed by atoms with Crippen LogP contribution in [0.4, 0.5) is 0 Å². The zero-order chi connectivity index (χ0) is 22.0. The third-order valence-electron chi connectivity index (χ3n) is 6.23. The Hall–Kier alpha value is -2.61. The second kappa shape index (κ2) is 8.86. The van der Waals surface area contributed by atoms with Crippen LogP contribution in [-0.4, -0.2) is 25.8 Å². The third-order valence-corrected chi connectivity index (χ3v) is 9.01. The number of carbonyl (C=O) groups is 1. The summed E-state index contributed by atoms with van der Waals surface area (Å²) >= 11 is 0.241. The van der Waals surface area contributed by atoms with Crippen LogP contribution in [0, 0.1) is 19.3 Å². The SMILES string of the molecule is CC1=C(c2ccc(C)cc2)N(Cc2ccc(C)cc2)C(=O)C1(C)C[Se]c1ccccc1. The van der Waals surface area contributed by atoms with E-state index < -0.39 is 5.41 Å². The van der Waals surface area contributed by atoms with E-state index in [9.17, 15) is 4.79 Å². The van der Waals surface area contributed by atoms with Crippen molar-refractivity contribution >= 4 is 31.0 Å². The Balaban J connectivity index is 1.71. The van der Waals surface area contributed by atoms with Gasteiger partial charge in [-0.05, 0) is 0 Å². The van der Waals surface area contributed by atoms with Gasteiger partial charge in [-0.25, -0.2) is 0 Å². The molecule has 1 heterocycles. The summed E-state index contributed by atoms with van der Waals surface area (Å²) in [6.45, 7) is 9.09. The van der Waals surface area contributed by atoms with Crippen molar-refractivity contribution in [1.82, 2.24) is 4.90 Å². The first-order valence-corrected chi connectivity index (χ1v) is 12.8. The molecule has 4 rings (SSSR count).